The molecular weight excluding hydrogens is 192 g/mol. The summed E-state index contributed by atoms with van der Waals surface area (Å²) in [7, 11) is 0. The molecule has 0 aromatic carbocycles. The molecule has 0 saturated carbocycles. The van der Waals surface area contributed by atoms with Crippen molar-refractivity contribution in [3.05, 3.63) is 17.3 Å². The van der Waals surface area contributed by atoms with Gasteiger partial charge in [0.2, 0.25) is 5.89 Å². The maximum atomic E-state index is 8.93. The van der Waals surface area contributed by atoms with Crippen molar-refractivity contribution in [3.63, 3.8) is 0 Å². The van der Waals surface area contributed by atoms with Crippen molar-refractivity contribution in [1.82, 2.24) is 9.88 Å². The number of aliphatic hydroxyl groups excluding tert-OH is 1. The summed E-state index contributed by atoms with van der Waals surface area (Å²) in [5, 5.41) is 8.93. The first kappa shape index (κ1) is 12.2. The Kier molecular flexibility index (Phi) is 4.29. The number of rotatable bonds is 5. The maximum Gasteiger partial charge on any atom is 0.208 e. The molecule has 15 heavy (non-hydrogen) atoms. The van der Waals surface area contributed by atoms with Gasteiger partial charge in [0.1, 0.15) is 5.76 Å². The smallest absolute Gasteiger partial charge is 0.208 e. The summed E-state index contributed by atoms with van der Waals surface area (Å²) >= 11 is 0. The molecule has 1 aromatic rings. The fourth-order valence-corrected chi connectivity index (χ4v) is 1.43. The fraction of sp³-hybridized carbons (Fsp3) is 0.727. The second-order valence-electron chi connectivity index (χ2n) is 4.04. The highest BCUT2D eigenvalue weighted by Gasteiger charge is 2.13. The summed E-state index contributed by atoms with van der Waals surface area (Å²) in [5.74, 6) is 1.60. The van der Waals surface area contributed by atoms with E-state index in [9.17, 15) is 0 Å². The molecule has 0 atom stereocenters. The van der Waals surface area contributed by atoms with Gasteiger partial charge in [0.25, 0.3) is 0 Å². The normalized spacial score (nSPS) is 11.7. The molecule has 0 fully saturated rings. The number of aliphatic hydroxyl groups is 1. The van der Waals surface area contributed by atoms with Crippen LogP contribution in [-0.4, -0.2) is 34.2 Å². The van der Waals surface area contributed by atoms with Crippen molar-refractivity contribution < 1.29 is 9.52 Å². The lowest BCUT2D eigenvalue weighted by molar-refractivity contribution is 0.147. The zero-order chi connectivity index (χ0) is 11.4. The number of nitrogens with zero attached hydrogens (tertiary/aromatic N) is 2. The van der Waals surface area contributed by atoms with Crippen LogP contribution < -0.4 is 0 Å². The molecule has 0 aliphatic carbocycles. The van der Waals surface area contributed by atoms with Gasteiger partial charge in [-0.1, -0.05) is 0 Å². The third-order valence-electron chi connectivity index (χ3n) is 2.53. The molecule has 0 amide bonds. The van der Waals surface area contributed by atoms with E-state index < -0.39 is 0 Å². The number of hydrogen-bond acceptors (Lipinski definition) is 4. The Hall–Kier alpha value is -0.870. The minimum atomic E-state index is 0.164. The predicted octanol–water partition coefficient (Wildman–Crippen LogP) is 1.49. The van der Waals surface area contributed by atoms with E-state index >= 15 is 0 Å². The lowest BCUT2D eigenvalue weighted by atomic mass is 10.3. The van der Waals surface area contributed by atoms with Crippen molar-refractivity contribution in [3.8, 4) is 0 Å². The quantitative estimate of drug-likeness (QED) is 0.803. The van der Waals surface area contributed by atoms with Gasteiger partial charge in [-0.3, -0.25) is 4.90 Å². The largest absolute Gasteiger partial charge is 0.444 e. The van der Waals surface area contributed by atoms with E-state index in [-0.39, 0.29) is 6.61 Å². The average Bonchev–Trinajstić information content (AvgIpc) is 2.45. The summed E-state index contributed by atoms with van der Waals surface area (Å²) in [6, 6.07) is 0.379. The van der Waals surface area contributed by atoms with Crippen molar-refractivity contribution in [1.29, 1.82) is 0 Å². The second kappa shape index (κ2) is 5.28. The summed E-state index contributed by atoms with van der Waals surface area (Å²) in [6.45, 7) is 9.52. The third-order valence-corrected chi connectivity index (χ3v) is 2.53. The highest BCUT2D eigenvalue weighted by molar-refractivity contribution is 5.05. The van der Waals surface area contributed by atoms with Gasteiger partial charge < -0.3 is 9.52 Å². The van der Waals surface area contributed by atoms with E-state index in [0.29, 0.717) is 19.1 Å². The van der Waals surface area contributed by atoms with Crippen molar-refractivity contribution >= 4 is 0 Å². The highest BCUT2D eigenvalue weighted by atomic mass is 16.4. The van der Waals surface area contributed by atoms with E-state index in [1.54, 1.807) is 0 Å². The molecule has 0 bridgehead atoms. The van der Waals surface area contributed by atoms with Crippen LogP contribution in [0, 0.1) is 13.8 Å². The molecule has 0 unspecified atom stereocenters. The van der Waals surface area contributed by atoms with Gasteiger partial charge in [-0.25, -0.2) is 4.98 Å². The molecule has 0 saturated heterocycles. The van der Waals surface area contributed by atoms with E-state index in [0.717, 1.165) is 17.3 Å². The molecule has 4 nitrogen and oxygen atoms in total. The average molecular weight is 212 g/mol. The Morgan fingerprint density at radius 3 is 2.47 bits per heavy atom. The molecular formula is C11H20N2O2. The van der Waals surface area contributed by atoms with Crippen LogP contribution in [0.15, 0.2) is 4.42 Å². The zero-order valence-electron chi connectivity index (χ0n) is 9.95. The molecule has 0 radical (unpaired) electrons. The van der Waals surface area contributed by atoms with Gasteiger partial charge in [0.05, 0.1) is 18.8 Å². The van der Waals surface area contributed by atoms with Crippen LogP contribution in [-0.2, 0) is 6.54 Å². The number of hydrogen-bond donors (Lipinski definition) is 1. The highest BCUT2D eigenvalue weighted by Crippen LogP contribution is 2.11. The van der Waals surface area contributed by atoms with Crippen LogP contribution in [0.3, 0.4) is 0 Å². The number of aromatic nitrogens is 1. The van der Waals surface area contributed by atoms with Gasteiger partial charge in [-0.2, -0.15) is 0 Å². The molecule has 86 valence electrons. The molecule has 0 aliphatic rings. The number of aryl methyl sites for hydroxylation is 2. The lowest BCUT2D eigenvalue weighted by Gasteiger charge is -2.23. The van der Waals surface area contributed by atoms with Crippen molar-refractivity contribution in [2.75, 3.05) is 13.2 Å². The Labute approximate surface area is 90.9 Å². The first-order valence-electron chi connectivity index (χ1n) is 5.32. The molecule has 1 rings (SSSR count). The topological polar surface area (TPSA) is 49.5 Å². The van der Waals surface area contributed by atoms with E-state index in [4.69, 9.17) is 9.52 Å². The summed E-state index contributed by atoms with van der Waals surface area (Å²) in [4.78, 5) is 6.45. The Balaban J connectivity index is 2.65. The van der Waals surface area contributed by atoms with Crippen LogP contribution in [0.25, 0.3) is 0 Å². The van der Waals surface area contributed by atoms with Gasteiger partial charge in [-0.05, 0) is 27.7 Å². The van der Waals surface area contributed by atoms with E-state index in [1.165, 1.54) is 0 Å². The summed E-state index contributed by atoms with van der Waals surface area (Å²) in [6.07, 6.45) is 0. The van der Waals surface area contributed by atoms with E-state index in [2.05, 4.69) is 23.7 Å². The van der Waals surface area contributed by atoms with Crippen molar-refractivity contribution in [2.45, 2.75) is 40.3 Å². The monoisotopic (exact) mass is 212 g/mol. The van der Waals surface area contributed by atoms with Crippen LogP contribution in [0.2, 0.25) is 0 Å². The first-order valence-corrected chi connectivity index (χ1v) is 5.32. The van der Waals surface area contributed by atoms with Gasteiger partial charge in [0, 0.05) is 12.6 Å². The number of oxazole rings is 1. The maximum absolute atomic E-state index is 8.93. The molecule has 0 spiro atoms. The van der Waals surface area contributed by atoms with Crippen LogP contribution in [0.4, 0.5) is 0 Å². The van der Waals surface area contributed by atoms with E-state index in [1.807, 2.05) is 13.8 Å². The van der Waals surface area contributed by atoms with Gasteiger partial charge in [-0.15, -0.1) is 0 Å². The minimum Gasteiger partial charge on any atom is -0.444 e. The Bertz CT molecular complexity index is 288. The molecule has 4 heteroatoms. The molecule has 1 aromatic heterocycles. The van der Waals surface area contributed by atoms with Crippen LogP contribution >= 0.6 is 0 Å². The van der Waals surface area contributed by atoms with Gasteiger partial charge in [0.15, 0.2) is 0 Å². The van der Waals surface area contributed by atoms with Gasteiger partial charge >= 0.3 is 0 Å². The Morgan fingerprint density at radius 2 is 2.07 bits per heavy atom. The zero-order valence-corrected chi connectivity index (χ0v) is 9.95. The standard InChI is InChI=1S/C11H20N2O2/c1-8(2)13(5-6-14)7-11-12-9(3)10(4)15-11/h8,14H,5-7H2,1-4H3. The first-order chi connectivity index (χ1) is 7.04. The van der Waals surface area contributed by atoms with Crippen LogP contribution in [0.5, 0.6) is 0 Å². The van der Waals surface area contributed by atoms with Crippen molar-refractivity contribution in [2.24, 2.45) is 0 Å². The fourth-order valence-electron chi connectivity index (χ4n) is 1.43. The third kappa shape index (κ3) is 3.32. The second-order valence-corrected chi connectivity index (χ2v) is 4.04. The molecule has 1 heterocycles. The predicted molar refractivity (Wildman–Crippen MR) is 58.6 cm³/mol. The minimum absolute atomic E-state index is 0.164. The SMILES string of the molecule is Cc1nc(CN(CCO)C(C)C)oc1C. The summed E-state index contributed by atoms with van der Waals surface area (Å²) in [5.41, 5.74) is 0.942. The Morgan fingerprint density at radius 1 is 1.40 bits per heavy atom. The molecule has 0 aliphatic heterocycles. The van der Waals surface area contributed by atoms with Crippen LogP contribution in [0.1, 0.15) is 31.2 Å². The molecule has 1 N–H and O–H groups in total. The summed E-state index contributed by atoms with van der Waals surface area (Å²) < 4.78 is 5.51. The lowest BCUT2D eigenvalue weighted by Crippen LogP contribution is -2.33.